The Morgan fingerprint density at radius 3 is 2.67 bits per heavy atom. The monoisotopic (exact) mass is 344 g/mol. The number of hydrogen-bond acceptors (Lipinski definition) is 3. The minimum absolute atomic E-state index is 0.212. The van der Waals surface area contributed by atoms with Gasteiger partial charge in [0.05, 0.1) is 19.3 Å². The standard InChI is InChI=1S/C18H14ClFN2O2/c1-24-13-6-7-14(16(20)10-13)17-8-9-18(23)22(21-17)11-12-4-2-3-5-15(12)19/h2-10H,11H2,1H3. The Labute approximate surface area is 143 Å². The van der Waals surface area contributed by atoms with Crippen molar-refractivity contribution in [2.75, 3.05) is 7.11 Å². The molecule has 0 unspecified atom stereocenters. The van der Waals surface area contributed by atoms with Gasteiger partial charge in [-0.15, -0.1) is 0 Å². The molecule has 2 aromatic carbocycles. The SMILES string of the molecule is COc1ccc(-c2ccc(=O)n(Cc3ccccc3Cl)n2)c(F)c1. The van der Waals surface area contributed by atoms with Crippen LogP contribution in [0.2, 0.25) is 5.02 Å². The number of halogens is 2. The lowest BCUT2D eigenvalue weighted by Crippen LogP contribution is -2.23. The van der Waals surface area contributed by atoms with Crippen molar-refractivity contribution in [3.05, 3.63) is 81.4 Å². The molecule has 0 aliphatic rings. The van der Waals surface area contributed by atoms with Crippen molar-refractivity contribution >= 4 is 11.6 Å². The third-order valence-corrected chi connectivity index (χ3v) is 3.97. The van der Waals surface area contributed by atoms with Crippen molar-refractivity contribution in [2.45, 2.75) is 6.54 Å². The first-order valence-electron chi connectivity index (χ1n) is 7.24. The summed E-state index contributed by atoms with van der Waals surface area (Å²) < 4.78 is 20.5. The molecule has 0 aliphatic heterocycles. The molecule has 1 heterocycles. The second-order valence-electron chi connectivity index (χ2n) is 5.15. The maximum Gasteiger partial charge on any atom is 0.267 e. The Morgan fingerprint density at radius 1 is 1.17 bits per heavy atom. The Kier molecular flexibility index (Phi) is 4.62. The first-order chi connectivity index (χ1) is 11.6. The number of nitrogens with zero attached hydrogens (tertiary/aromatic N) is 2. The van der Waals surface area contributed by atoms with Gasteiger partial charge in [-0.1, -0.05) is 29.8 Å². The zero-order valence-electron chi connectivity index (χ0n) is 12.9. The molecule has 0 radical (unpaired) electrons. The summed E-state index contributed by atoms with van der Waals surface area (Å²) in [6, 6.07) is 14.6. The van der Waals surface area contributed by atoms with Crippen LogP contribution >= 0.6 is 11.6 Å². The molecule has 0 bridgehead atoms. The molecule has 0 saturated heterocycles. The third kappa shape index (κ3) is 3.31. The molecule has 122 valence electrons. The van der Waals surface area contributed by atoms with Crippen LogP contribution in [0.4, 0.5) is 4.39 Å². The maximum absolute atomic E-state index is 14.2. The predicted octanol–water partition coefficient (Wildman–Crippen LogP) is 3.76. The van der Waals surface area contributed by atoms with E-state index in [0.717, 1.165) is 5.56 Å². The Bertz CT molecular complexity index is 940. The summed E-state index contributed by atoms with van der Waals surface area (Å²) >= 11 is 6.12. The van der Waals surface area contributed by atoms with Gasteiger partial charge in [-0.2, -0.15) is 5.10 Å². The first-order valence-corrected chi connectivity index (χ1v) is 7.62. The fourth-order valence-electron chi connectivity index (χ4n) is 2.32. The zero-order valence-corrected chi connectivity index (χ0v) is 13.6. The maximum atomic E-state index is 14.2. The van der Waals surface area contributed by atoms with Gasteiger partial charge in [-0.3, -0.25) is 4.79 Å². The number of hydrogen-bond donors (Lipinski definition) is 0. The van der Waals surface area contributed by atoms with Gasteiger partial charge in [-0.05, 0) is 29.8 Å². The third-order valence-electron chi connectivity index (χ3n) is 3.60. The molecule has 4 nitrogen and oxygen atoms in total. The normalized spacial score (nSPS) is 10.6. The molecule has 3 aromatic rings. The fourth-order valence-corrected chi connectivity index (χ4v) is 2.52. The van der Waals surface area contributed by atoms with E-state index in [1.807, 2.05) is 18.2 Å². The van der Waals surface area contributed by atoms with Gasteiger partial charge in [0.1, 0.15) is 11.6 Å². The largest absolute Gasteiger partial charge is 0.497 e. The van der Waals surface area contributed by atoms with Crippen molar-refractivity contribution < 1.29 is 9.13 Å². The molecule has 1 aromatic heterocycles. The van der Waals surface area contributed by atoms with Gasteiger partial charge in [0.2, 0.25) is 0 Å². The Balaban J connectivity index is 2.00. The molecule has 0 fully saturated rings. The lowest BCUT2D eigenvalue weighted by atomic mass is 10.1. The summed E-state index contributed by atoms with van der Waals surface area (Å²) in [5.74, 6) is -0.0505. The predicted molar refractivity (Wildman–Crippen MR) is 91.0 cm³/mol. The highest BCUT2D eigenvalue weighted by Crippen LogP contribution is 2.24. The highest BCUT2D eigenvalue weighted by atomic mass is 35.5. The van der Waals surface area contributed by atoms with Crippen LogP contribution in [-0.2, 0) is 6.54 Å². The zero-order chi connectivity index (χ0) is 17.1. The lowest BCUT2D eigenvalue weighted by Gasteiger charge is -2.09. The van der Waals surface area contributed by atoms with Gasteiger partial charge in [0, 0.05) is 22.7 Å². The molecule has 0 atom stereocenters. The van der Waals surface area contributed by atoms with Gasteiger partial charge in [0.25, 0.3) is 5.56 Å². The van der Waals surface area contributed by atoms with Gasteiger partial charge >= 0.3 is 0 Å². The van der Waals surface area contributed by atoms with E-state index in [4.69, 9.17) is 16.3 Å². The summed E-state index contributed by atoms with van der Waals surface area (Å²) in [6.45, 7) is 0.212. The van der Waals surface area contributed by atoms with Crippen molar-refractivity contribution in [3.8, 4) is 17.0 Å². The van der Waals surface area contributed by atoms with Crippen LogP contribution < -0.4 is 10.3 Å². The van der Waals surface area contributed by atoms with E-state index in [-0.39, 0.29) is 12.1 Å². The molecule has 0 aliphatic carbocycles. The molecular formula is C18H14ClFN2O2. The minimum Gasteiger partial charge on any atom is -0.497 e. The van der Waals surface area contributed by atoms with Crippen molar-refractivity contribution in [2.24, 2.45) is 0 Å². The molecule has 24 heavy (non-hydrogen) atoms. The average molecular weight is 345 g/mol. The Morgan fingerprint density at radius 2 is 1.96 bits per heavy atom. The van der Waals surface area contributed by atoms with Gasteiger partial charge in [0.15, 0.2) is 0 Å². The van der Waals surface area contributed by atoms with E-state index < -0.39 is 5.82 Å². The minimum atomic E-state index is -0.468. The van der Waals surface area contributed by atoms with Crippen LogP contribution in [0.3, 0.4) is 0 Å². The van der Waals surface area contributed by atoms with Crippen LogP contribution in [0.15, 0.2) is 59.4 Å². The summed E-state index contributed by atoms with van der Waals surface area (Å²) in [4.78, 5) is 12.0. The summed E-state index contributed by atoms with van der Waals surface area (Å²) in [7, 11) is 1.47. The molecular weight excluding hydrogens is 331 g/mol. The lowest BCUT2D eigenvalue weighted by molar-refractivity contribution is 0.411. The van der Waals surface area contributed by atoms with Gasteiger partial charge < -0.3 is 4.74 Å². The molecule has 0 saturated carbocycles. The van der Waals surface area contributed by atoms with E-state index in [1.54, 1.807) is 18.2 Å². The molecule has 0 amide bonds. The van der Waals surface area contributed by atoms with Crippen molar-refractivity contribution in [1.29, 1.82) is 0 Å². The number of methoxy groups -OCH3 is 1. The number of rotatable bonds is 4. The molecule has 0 spiro atoms. The quantitative estimate of drug-likeness (QED) is 0.724. The number of ether oxygens (including phenoxy) is 1. The van der Waals surface area contributed by atoms with E-state index in [0.29, 0.717) is 22.0 Å². The van der Waals surface area contributed by atoms with E-state index in [9.17, 15) is 9.18 Å². The van der Waals surface area contributed by atoms with Crippen LogP contribution in [0.1, 0.15) is 5.56 Å². The highest BCUT2D eigenvalue weighted by molar-refractivity contribution is 6.31. The molecule has 3 rings (SSSR count). The fraction of sp³-hybridized carbons (Fsp3) is 0.111. The van der Waals surface area contributed by atoms with Crippen LogP contribution in [-0.4, -0.2) is 16.9 Å². The topological polar surface area (TPSA) is 44.1 Å². The summed E-state index contributed by atoms with van der Waals surface area (Å²) in [6.07, 6.45) is 0. The van der Waals surface area contributed by atoms with Crippen LogP contribution in [0.5, 0.6) is 5.75 Å². The second-order valence-corrected chi connectivity index (χ2v) is 5.56. The van der Waals surface area contributed by atoms with E-state index in [1.165, 1.54) is 30.0 Å². The molecule has 0 N–H and O–H groups in total. The van der Waals surface area contributed by atoms with Crippen molar-refractivity contribution in [3.63, 3.8) is 0 Å². The Hall–Kier alpha value is -2.66. The number of aromatic nitrogens is 2. The first kappa shape index (κ1) is 16.2. The highest BCUT2D eigenvalue weighted by Gasteiger charge is 2.11. The van der Waals surface area contributed by atoms with E-state index in [2.05, 4.69) is 5.10 Å². The summed E-state index contributed by atoms with van der Waals surface area (Å²) in [5, 5.41) is 4.81. The number of benzene rings is 2. The molecule has 6 heteroatoms. The summed E-state index contributed by atoms with van der Waals surface area (Å²) in [5.41, 5.74) is 1.14. The second kappa shape index (κ2) is 6.84. The smallest absolute Gasteiger partial charge is 0.267 e. The van der Waals surface area contributed by atoms with Crippen LogP contribution in [0, 0.1) is 5.82 Å². The average Bonchev–Trinajstić information content (AvgIpc) is 2.59. The van der Waals surface area contributed by atoms with Gasteiger partial charge in [-0.25, -0.2) is 9.07 Å². The van der Waals surface area contributed by atoms with Crippen LogP contribution in [0.25, 0.3) is 11.3 Å². The van der Waals surface area contributed by atoms with Crippen molar-refractivity contribution in [1.82, 2.24) is 9.78 Å². The van der Waals surface area contributed by atoms with E-state index >= 15 is 0 Å².